The smallest absolute Gasteiger partial charge is 0.276 e. The van der Waals surface area contributed by atoms with Crippen LogP contribution in [0.5, 0.6) is 0 Å². The van der Waals surface area contributed by atoms with Crippen molar-refractivity contribution < 1.29 is 18.4 Å². The van der Waals surface area contributed by atoms with Gasteiger partial charge >= 0.3 is 0 Å². The van der Waals surface area contributed by atoms with Crippen molar-refractivity contribution in [3.8, 4) is 0 Å². The van der Waals surface area contributed by atoms with E-state index in [0.29, 0.717) is 5.82 Å². The molecule has 4 rings (SSSR count). The fourth-order valence-electron chi connectivity index (χ4n) is 3.20. The maximum Gasteiger partial charge on any atom is 0.276 e. The minimum absolute atomic E-state index is 0.0254. The van der Waals surface area contributed by atoms with E-state index in [0.717, 1.165) is 50.1 Å². The summed E-state index contributed by atoms with van der Waals surface area (Å²) < 4.78 is 27.6. The summed E-state index contributed by atoms with van der Waals surface area (Å²) in [5.41, 5.74) is 0.0850. The quantitative estimate of drug-likeness (QED) is 0.495. The molecule has 0 atom stereocenters. The number of nitrogens with zero attached hydrogens (tertiary/aromatic N) is 3. The van der Waals surface area contributed by atoms with Crippen molar-refractivity contribution in [1.82, 2.24) is 20.5 Å². The number of hydrogen-bond donors (Lipinski definition) is 4. The summed E-state index contributed by atoms with van der Waals surface area (Å²) in [6.07, 6.45) is 2.84. The van der Waals surface area contributed by atoms with Crippen LogP contribution in [0.4, 0.5) is 26.0 Å². The zero-order valence-electron chi connectivity index (χ0n) is 16.3. The van der Waals surface area contributed by atoms with Crippen LogP contribution in [-0.4, -0.2) is 53.2 Å². The van der Waals surface area contributed by atoms with Crippen molar-refractivity contribution in [2.24, 2.45) is 0 Å². The molecular weight excluding hydrogens is 408 g/mol. The molecule has 2 aromatic heterocycles. The first-order valence-electron chi connectivity index (χ1n) is 9.55. The summed E-state index contributed by atoms with van der Waals surface area (Å²) in [5, 5.41) is 14.4. The normalized spacial score (nSPS) is 13.7. The van der Waals surface area contributed by atoms with Crippen molar-refractivity contribution in [3.05, 3.63) is 65.6 Å². The molecule has 0 radical (unpaired) electrons. The Morgan fingerprint density at radius 1 is 0.968 bits per heavy atom. The summed E-state index contributed by atoms with van der Waals surface area (Å²) in [4.78, 5) is 31.3. The van der Waals surface area contributed by atoms with Crippen LogP contribution in [0.1, 0.15) is 20.8 Å². The fraction of sp³-hybridized carbons (Fsp3) is 0.200. The second-order valence-corrected chi connectivity index (χ2v) is 6.80. The lowest BCUT2D eigenvalue weighted by Gasteiger charge is -2.29. The Balaban J connectivity index is 1.44. The van der Waals surface area contributed by atoms with Gasteiger partial charge in [-0.2, -0.15) is 5.10 Å². The lowest BCUT2D eigenvalue weighted by molar-refractivity contribution is 0.101. The lowest BCUT2D eigenvalue weighted by atomic mass is 10.2. The van der Waals surface area contributed by atoms with Crippen molar-refractivity contribution in [2.75, 3.05) is 41.7 Å². The number of pyridine rings is 1. The molecule has 0 spiro atoms. The van der Waals surface area contributed by atoms with E-state index < -0.39 is 29.0 Å². The number of anilines is 3. The summed E-state index contributed by atoms with van der Waals surface area (Å²) >= 11 is 0. The van der Waals surface area contributed by atoms with Gasteiger partial charge in [0.05, 0.1) is 23.8 Å². The molecule has 0 saturated carbocycles. The van der Waals surface area contributed by atoms with Gasteiger partial charge in [0.2, 0.25) is 0 Å². The monoisotopic (exact) mass is 427 g/mol. The van der Waals surface area contributed by atoms with E-state index in [1.165, 1.54) is 6.20 Å². The molecule has 3 heterocycles. The highest BCUT2D eigenvalue weighted by atomic mass is 19.1. The van der Waals surface area contributed by atoms with Crippen molar-refractivity contribution >= 4 is 29.0 Å². The standard InChI is InChI=1S/C20H19F2N7O2/c21-13-2-1-3-14(22)17(13)19(30)26-15-11-25-28-18(15)20(31)27-16-5-4-12(10-24-16)29-8-6-23-7-9-29/h1-5,10-11,23H,6-9H2,(H,25,28)(H,26,30)(H,24,27,31). The third-order valence-corrected chi connectivity index (χ3v) is 4.78. The summed E-state index contributed by atoms with van der Waals surface area (Å²) in [6, 6.07) is 6.61. The third kappa shape index (κ3) is 4.51. The second-order valence-electron chi connectivity index (χ2n) is 6.80. The molecule has 0 bridgehead atoms. The molecule has 1 saturated heterocycles. The zero-order chi connectivity index (χ0) is 21.8. The first-order valence-corrected chi connectivity index (χ1v) is 9.55. The Morgan fingerprint density at radius 3 is 2.39 bits per heavy atom. The van der Waals surface area contributed by atoms with Gasteiger partial charge in [0, 0.05) is 26.2 Å². The van der Waals surface area contributed by atoms with Crippen molar-refractivity contribution in [3.63, 3.8) is 0 Å². The van der Waals surface area contributed by atoms with Crippen LogP contribution in [-0.2, 0) is 0 Å². The van der Waals surface area contributed by atoms with Crippen LogP contribution in [0.3, 0.4) is 0 Å². The molecule has 160 valence electrons. The lowest BCUT2D eigenvalue weighted by Crippen LogP contribution is -2.43. The Morgan fingerprint density at radius 2 is 1.71 bits per heavy atom. The number of benzene rings is 1. The van der Waals surface area contributed by atoms with Gasteiger partial charge in [0.1, 0.15) is 28.7 Å². The predicted molar refractivity (Wildman–Crippen MR) is 110 cm³/mol. The molecule has 1 aliphatic heterocycles. The van der Waals surface area contributed by atoms with E-state index in [9.17, 15) is 18.4 Å². The Bertz CT molecular complexity index is 1070. The van der Waals surface area contributed by atoms with Gasteiger partial charge in [-0.25, -0.2) is 13.8 Å². The van der Waals surface area contributed by atoms with Gasteiger partial charge in [-0.3, -0.25) is 14.7 Å². The van der Waals surface area contributed by atoms with E-state index in [-0.39, 0.29) is 11.4 Å². The Hall–Kier alpha value is -3.86. The Labute approximate surface area is 175 Å². The number of piperazine rings is 1. The molecule has 0 unspecified atom stereocenters. The highest BCUT2D eigenvalue weighted by Gasteiger charge is 2.21. The van der Waals surface area contributed by atoms with Gasteiger partial charge < -0.3 is 20.9 Å². The minimum atomic E-state index is -1.04. The Kier molecular flexibility index (Phi) is 5.85. The highest BCUT2D eigenvalue weighted by Crippen LogP contribution is 2.19. The van der Waals surface area contributed by atoms with E-state index >= 15 is 0 Å². The molecule has 4 N–H and O–H groups in total. The zero-order valence-corrected chi connectivity index (χ0v) is 16.3. The second kappa shape index (κ2) is 8.88. The van der Waals surface area contributed by atoms with Crippen molar-refractivity contribution in [2.45, 2.75) is 0 Å². The van der Waals surface area contributed by atoms with Gasteiger partial charge in [0.25, 0.3) is 11.8 Å². The van der Waals surface area contributed by atoms with Crippen LogP contribution in [0, 0.1) is 11.6 Å². The van der Waals surface area contributed by atoms with E-state index in [1.54, 1.807) is 12.3 Å². The fourth-order valence-corrected chi connectivity index (χ4v) is 3.20. The molecule has 3 aromatic rings. The number of halogens is 2. The molecule has 0 aliphatic carbocycles. The number of hydrogen-bond acceptors (Lipinski definition) is 6. The van der Waals surface area contributed by atoms with Crippen LogP contribution in [0.15, 0.2) is 42.7 Å². The van der Waals surface area contributed by atoms with Crippen LogP contribution >= 0.6 is 0 Å². The SMILES string of the molecule is O=C(Nc1ccc(N2CCNCC2)cn1)c1[nH]ncc1NC(=O)c1c(F)cccc1F. The number of nitrogens with one attached hydrogen (secondary N) is 4. The number of aromatic amines is 1. The maximum absolute atomic E-state index is 13.8. The van der Waals surface area contributed by atoms with Crippen LogP contribution in [0.25, 0.3) is 0 Å². The summed E-state index contributed by atoms with van der Waals surface area (Å²) in [7, 11) is 0. The number of rotatable bonds is 5. The van der Waals surface area contributed by atoms with Crippen LogP contribution < -0.4 is 20.9 Å². The number of carbonyl (C=O) groups is 2. The third-order valence-electron chi connectivity index (χ3n) is 4.78. The molecule has 1 aromatic carbocycles. The topological polar surface area (TPSA) is 115 Å². The molecule has 31 heavy (non-hydrogen) atoms. The first kappa shape index (κ1) is 20.4. The molecule has 1 aliphatic rings. The molecule has 1 fully saturated rings. The predicted octanol–water partition coefficient (Wildman–Crippen LogP) is 2.00. The largest absolute Gasteiger partial charge is 0.368 e. The minimum Gasteiger partial charge on any atom is -0.368 e. The molecular formula is C20H19F2N7O2. The van der Waals surface area contributed by atoms with E-state index in [2.05, 4.69) is 36.0 Å². The number of H-pyrrole nitrogens is 1. The van der Waals surface area contributed by atoms with Gasteiger partial charge in [-0.15, -0.1) is 0 Å². The van der Waals surface area contributed by atoms with Gasteiger partial charge in [-0.05, 0) is 24.3 Å². The molecule has 2 amide bonds. The van der Waals surface area contributed by atoms with Crippen molar-refractivity contribution in [1.29, 1.82) is 0 Å². The molecule has 11 heteroatoms. The van der Waals surface area contributed by atoms with E-state index in [4.69, 9.17) is 0 Å². The number of aromatic nitrogens is 3. The van der Waals surface area contributed by atoms with E-state index in [1.807, 2.05) is 6.07 Å². The van der Waals surface area contributed by atoms with Crippen LogP contribution in [0.2, 0.25) is 0 Å². The summed E-state index contributed by atoms with van der Waals surface area (Å²) in [5.74, 6) is -3.38. The average molecular weight is 427 g/mol. The molecule has 9 nitrogen and oxygen atoms in total. The van der Waals surface area contributed by atoms with Gasteiger partial charge in [-0.1, -0.05) is 6.07 Å². The van der Waals surface area contributed by atoms with Gasteiger partial charge in [0.15, 0.2) is 0 Å². The summed E-state index contributed by atoms with van der Waals surface area (Å²) in [6.45, 7) is 3.52. The first-order chi connectivity index (χ1) is 15.0. The average Bonchev–Trinajstić information content (AvgIpc) is 3.23. The highest BCUT2D eigenvalue weighted by molar-refractivity contribution is 6.11. The number of amides is 2. The number of carbonyl (C=O) groups excluding carboxylic acids is 2. The maximum atomic E-state index is 13.8.